The number of nitrogens with one attached hydrogen (secondary N) is 2. The Morgan fingerprint density at radius 3 is 2.31 bits per heavy atom. The summed E-state index contributed by atoms with van der Waals surface area (Å²) in [5, 5.41) is 5.91. The monoisotopic (exact) mass is 445 g/mol. The number of carbonyl (C=O) groups is 2. The Morgan fingerprint density at radius 1 is 1.17 bits per heavy atom. The van der Waals surface area contributed by atoms with E-state index in [0.717, 1.165) is 0 Å². The molecule has 0 spiro atoms. The van der Waals surface area contributed by atoms with Crippen LogP contribution in [0.3, 0.4) is 0 Å². The zero-order chi connectivity index (χ0) is 21.7. The van der Waals surface area contributed by atoms with E-state index in [9.17, 15) is 18.0 Å². The van der Waals surface area contributed by atoms with E-state index in [1.807, 2.05) is 0 Å². The van der Waals surface area contributed by atoms with Gasteiger partial charge in [-0.3, -0.25) is 4.79 Å². The van der Waals surface area contributed by atoms with Crippen molar-refractivity contribution in [2.45, 2.75) is 56.6 Å². The molecule has 0 unspecified atom stereocenters. The summed E-state index contributed by atoms with van der Waals surface area (Å²) >= 11 is 5.82. The van der Waals surface area contributed by atoms with Crippen LogP contribution in [0.15, 0.2) is 29.2 Å². The van der Waals surface area contributed by atoms with Crippen LogP contribution in [-0.2, 0) is 19.6 Å². The van der Waals surface area contributed by atoms with Crippen LogP contribution >= 0.6 is 11.6 Å². The summed E-state index contributed by atoms with van der Waals surface area (Å²) in [6.07, 6.45) is 0.615. The zero-order valence-corrected chi connectivity index (χ0v) is 18.5. The Labute approximate surface area is 177 Å². The van der Waals surface area contributed by atoms with Gasteiger partial charge in [-0.15, -0.1) is 0 Å². The number of ether oxygens (including phenoxy) is 1. The Bertz CT molecular complexity index is 813. The van der Waals surface area contributed by atoms with Crippen molar-refractivity contribution in [3.8, 4) is 0 Å². The molecule has 1 saturated heterocycles. The van der Waals surface area contributed by atoms with E-state index < -0.39 is 21.7 Å². The van der Waals surface area contributed by atoms with Crippen molar-refractivity contribution >= 4 is 33.6 Å². The summed E-state index contributed by atoms with van der Waals surface area (Å²) in [7, 11) is -3.57. The van der Waals surface area contributed by atoms with Crippen molar-refractivity contribution in [3.63, 3.8) is 0 Å². The number of carbonyl (C=O) groups excluding carboxylic acids is 2. The normalized spacial score (nSPS) is 16.3. The van der Waals surface area contributed by atoms with Gasteiger partial charge in [0.15, 0.2) is 0 Å². The first-order valence-corrected chi connectivity index (χ1v) is 11.3. The third kappa shape index (κ3) is 7.49. The molecule has 2 N–H and O–H groups in total. The standard InChI is InChI=1S/C19H28ClN3O5S/c1-19(2,3)28-18(25)21-11-8-17(24)22-15-9-12-23(13-10-15)29(26,27)16-6-4-14(20)5-7-16/h4-7,15H,8-13H2,1-3H3,(H,21,25)(H,22,24). The molecule has 1 aliphatic heterocycles. The summed E-state index contributed by atoms with van der Waals surface area (Å²) in [4.78, 5) is 23.8. The van der Waals surface area contributed by atoms with E-state index in [2.05, 4.69) is 10.6 Å². The first-order chi connectivity index (χ1) is 13.5. The number of hydrogen-bond donors (Lipinski definition) is 2. The predicted molar refractivity (Wildman–Crippen MR) is 110 cm³/mol. The largest absolute Gasteiger partial charge is 0.444 e. The van der Waals surface area contributed by atoms with E-state index in [1.165, 1.54) is 16.4 Å². The number of amides is 2. The predicted octanol–water partition coefficient (Wildman–Crippen LogP) is 2.52. The molecule has 2 amide bonds. The van der Waals surface area contributed by atoms with E-state index >= 15 is 0 Å². The van der Waals surface area contributed by atoms with Crippen LogP contribution in [0, 0.1) is 0 Å². The molecule has 0 atom stereocenters. The molecule has 10 heteroatoms. The van der Waals surface area contributed by atoms with Crippen molar-refractivity contribution in [2.75, 3.05) is 19.6 Å². The molecular weight excluding hydrogens is 418 g/mol. The highest BCUT2D eigenvalue weighted by Gasteiger charge is 2.29. The first kappa shape index (κ1) is 23.4. The summed E-state index contributed by atoms with van der Waals surface area (Å²) in [5.74, 6) is -0.194. The van der Waals surface area contributed by atoms with Gasteiger partial charge in [-0.1, -0.05) is 11.6 Å². The number of hydrogen-bond acceptors (Lipinski definition) is 5. The lowest BCUT2D eigenvalue weighted by atomic mass is 10.1. The second kappa shape index (κ2) is 9.77. The molecule has 162 valence electrons. The molecule has 1 aromatic carbocycles. The van der Waals surface area contributed by atoms with E-state index in [0.29, 0.717) is 31.0 Å². The molecule has 0 bridgehead atoms. The minimum absolute atomic E-state index is 0.0966. The average Bonchev–Trinajstić information content (AvgIpc) is 2.61. The fourth-order valence-electron chi connectivity index (χ4n) is 2.89. The molecule has 2 rings (SSSR count). The number of rotatable bonds is 6. The number of piperidine rings is 1. The lowest BCUT2D eigenvalue weighted by Crippen LogP contribution is -2.47. The first-order valence-electron chi connectivity index (χ1n) is 9.49. The van der Waals surface area contributed by atoms with Gasteiger partial charge in [0.05, 0.1) is 4.90 Å². The smallest absolute Gasteiger partial charge is 0.407 e. The van der Waals surface area contributed by atoms with Crippen LogP contribution in [0.4, 0.5) is 4.79 Å². The molecule has 0 radical (unpaired) electrons. The van der Waals surface area contributed by atoms with Crippen molar-refractivity contribution in [1.29, 1.82) is 0 Å². The molecule has 8 nitrogen and oxygen atoms in total. The SMILES string of the molecule is CC(C)(C)OC(=O)NCCC(=O)NC1CCN(S(=O)(=O)c2ccc(Cl)cc2)CC1. The van der Waals surface area contributed by atoms with Gasteiger partial charge in [-0.25, -0.2) is 13.2 Å². The van der Waals surface area contributed by atoms with Crippen molar-refractivity contribution < 1.29 is 22.7 Å². The van der Waals surface area contributed by atoms with E-state index in [4.69, 9.17) is 16.3 Å². The molecular formula is C19H28ClN3O5S. The lowest BCUT2D eigenvalue weighted by molar-refractivity contribution is -0.121. The highest BCUT2D eigenvalue weighted by atomic mass is 35.5. The fraction of sp³-hybridized carbons (Fsp3) is 0.579. The van der Waals surface area contributed by atoms with Crippen molar-refractivity contribution in [2.24, 2.45) is 0 Å². The second-order valence-corrected chi connectivity index (χ2v) is 10.3. The summed E-state index contributed by atoms with van der Waals surface area (Å²) in [6, 6.07) is 5.98. The average molecular weight is 446 g/mol. The van der Waals surface area contributed by atoms with Crippen molar-refractivity contribution in [1.82, 2.24) is 14.9 Å². The topological polar surface area (TPSA) is 105 Å². The van der Waals surface area contributed by atoms with Gasteiger partial charge < -0.3 is 15.4 Å². The molecule has 0 aliphatic carbocycles. The Hall–Kier alpha value is -1.84. The van der Waals surface area contributed by atoms with Gasteiger partial charge in [0, 0.05) is 37.1 Å². The van der Waals surface area contributed by atoms with E-state index in [1.54, 1.807) is 32.9 Å². The van der Waals surface area contributed by atoms with Gasteiger partial charge in [0.25, 0.3) is 0 Å². The number of halogens is 1. The highest BCUT2D eigenvalue weighted by molar-refractivity contribution is 7.89. The molecule has 0 aromatic heterocycles. The van der Waals surface area contributed by atoms with Gasteiger partial charge in [-0.05, 0) is 57.9 Å². The molecule has 1 aromatic rings. The second-order valence-electron chi connectivity index (χ2n) is 7.88. The van der Waals surface area contributed by atoms with Crippen LogP contribution in [0.2, 0.25) is 5.02 Å². The van der Waals surface area contributed by atoms with Crippen LogP contribution in [-0.4, -0.2) is 56.0 Å². The maximum absolute atomic E-state index is 12.7. The lowest BCUT2D eigenvalue weighted by Gasteiger charge is -2.31. The maximum atomic E-state index is 12.7. The Balaban J connectivity index is 1.74. The van der Waals surface area contributed by atoms with Crippen LogP contribution in [0.1, 0.15) is 40.0 Å². The summed E-state index contributed by atoms with van der Waals surface area (Å²) in [6.45, 7) is 6.11. The third-order valence-electron chi connectivity index (χ3n) is 4.29. The van der Waals surface area contributed by atoms with Gasteiger partial charge in [-0.2, -0.15) is 4.31 Å². The highest BCUT2D eigenvalue weighted by Crippen LogP contribution is 2.22. The molecule has 1 aliphatic rings. The minimum Gasteiger partial charge on any atom is -0.444 e. The quantitative estimate of drug-likeness (QED) is 0.700. The van der Waals surface area contributed by atoms with Crippen LogP contribution < -0.4 is 10.6 Å². The van der Waals surface area contributed by atoms with E-state index in [-0.39, 0.29) is 29.8 Å². The molecule has 1 fully saturated rings. The van der Waals surface area contributed by atoms with Gasteiger partial charge in [0.2, 0.25) is 15.9 Å². The fourth-order valence-corrected chi connectivity index (χ4v) is 4.48. The zero-order valence-electron chi connectivity index (χ0n) is 16.9. The van der Waals surface area contributed by atoms with Crippen molar-refractivity contribution in [3.05, 3.63) is 29.3 Å². The minimum atomic E-state index is -3.57. The Morgan fingerprint density at radius 2 is 1.76 bits per heavy atom. The van der Waals surface area contributed by atoms with Gasteiger partial charge in [0.1, 0.15) is 5.60 Å². The van der Waals surface area contributed by atoms with Crippen LogP contribution in [0.25, 0.3) is 0 Å². The van der Waals surface area contributed by atoms with Gasteiger partial charge >= 0.3 is 6.09 Å². The Kier molecular flexibility index (Phi) is 7.90. The third-order valence-corrected chi connectivity index (χ3v) is 6.46. The summed E-state index contributed by atoms with van der Waals surface area (Å²) in [5.41, 5.74) is -0.591. The van der Waals surface area contributed by atoms with Crippen LogP contribution in [0.5, 0.6) is 0 Å². The maximum Gasteiger partial charge on any atom is 0.407 e. The number of alkyl carbamates (subject to hydrolysis) is 1. The molecule has 0 saturated carbocycles. The number of sulfonamides is 1. The summed E-state index contributed by atoms with van der Waals surface area (Å²) < 4.78 is 31.9. The number of nitrogens with zero attached hydrogens (tertiary/aromatic N) is 1. The molecule has 1 heterocycles. The molecule has 29 heavy (non-hydrogen) atoms. The number of benzene rings is 1.